The van der Waals surface area contributed by atoms with Gasteiger partial charge in [0.2, 0.25) is 0 Å². The van der Waals surface area contributed by atoms with Gasteiger partial charge in [-0.25, -0.2) is 13.6 Å². The van der Waals surface area contributed by atoms with Crippen LogP contribution < -0.4 is 5.32 Å². The summed E-state index contributed by atoms with van der Waals surface area (Å²) in [5.74, 6) is -4.38. The summed E-state index contributed by atoms with van der Waals surface area (Å²) in [4.78, 5) is 11.0. The second kappa shape index (κ2) is 6.47. The fourth-order valence-corrected chi connectivity index (χ4v) is 1.80. The van der Waals surface area contributed by atoms with Crippen LogP contribution in [0.1, 0.15) is 10.4 Å². The molecule has 0 heterocycles. The molecule has 1 rings (SSSR count). The van der Waals surface area contributed by atoms with E-state index in [9.17, 15) is 13.6 Å². The molecule has 0 saturated carbocycles. The van der Waals surface area contributed by atoms with Crippen LogP contribution in [-0.2, 0) is 0 Å². The average Bonchev–Trinajstić information content (AvgIpc) is 2.46. The lowest BCUT2D eigenvalue weighted by molar-refractivity contribution is 0.0697. The Balaban J connectivity index is 3.60. The van der Waals surface area contributed by atoms with Crippen molar-refractivity contribution in [2.24, 2.45) is 0 Å². The van der Waals surface area contributed by atoms with E-state index in [0.29, 0.717) is 6.07 Å². The van der Waals surface area contributed by atoms with E-state index >= 15 is 0 Å². The van der Waals surface area contributed by atoms with Gasteiger partial charge in [-0.05, 0) is 22.0 Å². The average molecular weight is 353 g/mol. The Labute approximate surface area is 125 Å². The minimum absolute atomic E-state index is 0.415. The lowest BCUT2D eigenvalue weighted by atomic mass is 10.1. The molecule has 0 saturated heterocycles. The lowest BCUT2D eigenvalue weighted by Crippen LogP contribution is -2.10. The summed E-state index contributed by atoms with van der Waals surface area (Å²) in [7, 11) is 0. The number of hydrogen-bond acceptors (Lipinski definition) is 5. The van der Waals surface area contributed by atoms with Gasteiger partial charge in [0, 0.05) is 0 Å². The minimum Gasteiger partial charge on any atom is -0.478 e. The summed E-state index contributed by atoms with van der Waals surface area (Å²) in [5, 5.41) is 37.3. The van der Waals surface area contributed by atoms with Crippen LogP contribution in [0.15, 0.2) is 21.8 Å². The van der Waals surface area contributed by atoms with E-state index in [4.69, 9.17) is 20.9 Å². The Morgan fingerprint density at radius 3 is 2.24 bits per heavy atom. The molecule has 0 aliphatic rings. The number of anilines is 1. The predicted molar refractivity (Wildman–Crippen MR) is 68.5 cm³/mol. The molecule has 0 bridgehead atoms. The van der Waals surface area contributed by atoms with E-state index in [-0.39, 0.29) is 0 Å². The highest BCUT2D eigenvalue weighted by Crippen LogP contribution is 2.32. The molecular formula is C12H3BrF2N4O2. The number of hydrogen-bond donors (Lipinski definition) is 2. The molecule has 0 fully saturated rings. The highest BCUT2D eigenvalue weighted by atomic mass is 79.9. The second-order valence-corrected chi connectivity index (χ2v) is 4.22. The first-order chi connectivity index (χ1) is 9.87. The molecule has 2 N–H and O–H groups in total. The van der Waals surface area contributed by atoms with Crippen LogP contribution in [0.5, 0.6) is 0 Å². The first-order valence-electron chi connectivity index (χ1n) is 4.99. The number of nitriles is 3. The molecule has 0 aliphatic carbocycles. The van der Waals surface area contributed by atoms with Gasteiger partial charge in [-0.1, -0.05) is 0 Å². The van der Waals surface area contributed by atoms with Crippen LogP contribution in [0.2, 0.25) is 0 Å². The first-order valence-corrected chi connectivity index (χ1v) is 5.79. The third-order valence-corrected chi connectivity index (χ3v) is 2.97. The van der Waals surface area contributed by atoms with Crippen molar-refractivity contribution in [3.8, 4) is 18.2 Å². The van der Waals surface area contributed by atoms with Crippen molar-refractivity contribution in [1.29, 1.82) is 15.8 Å². The molecule has 0 aliphatic heterocycles. The molecule has 0 atom stereocenters. The summed E-state index contributed by atoms with van der Waals surface area (Å²) in [5.41, 5.74) is -2.38. The zero-order valence-corrected chi connectivity index (χ0v) is 11.5. The fourth-order valence-electron chi connectivity index (χ4n) is 1.29. The van der Waals surface area contributed by atoms with Crippen molar-refractivity contribution >= 4 is 27.6 Å². The Hall–Kier alpha value is -2.96. The smallest absolute Gasteiger partial charge is 0.337 e. The normalized spacial score (nSPS) is 8.95. The van der Waals surface area contributed by atoms with Gasteiger partial charge in [-0.2, -0.15) is 15.8 Å². The van der Waals surface area contributed by atoms with Crippen molar-refractivity contribution in [2.45, 2.75) is 0 Å². The summed E-state index contributed by atoms with van der Waals surface area (Å²) in [6.45, 7) is 0. The number of carboxylic acids is 1. The quantitative estimate of drug-likeness (QED) is 0.637. The van der Waals surface area contributed by atoms with Gasteiger partial charge < -0.3 is 10.4 Å². The first kappa shape index (κ1) is 16.1. The number of benzene rings is 1. The van der Waals surface area contributed by atoms with Crippen LogP contribution in [0, 0.1) is 45.6 Å². The molecule has 104 valence electrons. The summed E-state index contributed by atoms with van der Waals surface area (Å²) < 4.78 is 26.1. The molecule has 0 unspecified atom stereocenters. The Bertz CT molecular complexity index is 768. The minimum atomic E-state index is -1.59. The molecule has 0 spiro atoms. The van der Waals surface area contributed by atoms with Gasteiger partial charge in [0.05, 0.1) is 15.7 Å². The number of nitrogens with zero attached hydrogens (tertiary/aromatic N) is 3. The highest BCUT2D eigenvalue weighted by molar-refractivity contribution is 9.10. The number of carbonyl (C=O) groups is 1. The molecule has 9 heteroatoms. The zero-order valence-electron chi connectivity index (χ0n) is 9.91. The van der Waals surface area contributed by atoms with E-state index in [2.05, 4.69) is 21.2 Å². The summed E-state index contributed by atoms with van der Waals surface area (Å²) in [6.07, 6.45) is 0. The van der Waals surface area contributed by atoms with Crippen molar-refractivity contribution in [3.63, 3.8) is 0 Å². The van der Waals surface area contributed by atoms with E-state index in [0.717, 1.165) is 0 Å². The van der Waals surface area contributed by atoms with E-state index in [1.807, 2.05) is 0 Å². The van der Waals surface area contributed by atoms with Gasteiger partial charge >= 0.3 is 5.97 Å². The second-order valence-electron chi connectivity index (χ2n) is 3.42. The zero-order chi connectivity index (χ0) is 16.2. The maximum Gasteiger partial charge on any atom is 0.337 e. The van der Waals surface area contributed by atoms with Crippen molar-refractivity contribution in [2.75, 3.05) is 5.32 Å². The monoisotopic (exact) mass is 352 g/mol. The maximum absolute atomic E-state index is 13.5. The van der Waals surface area contributed by atoms with E-state index in [1.165, 1.54) is 18.2 Å². The highest BCUT2D eigenvalue weighted by Gasteiger charge is 2.22. The standard InChI is InChI=1S/C12H3BrF2N4O2/c13-9-10(15)7(14)1-6(12(20)21)11(9)19-8(4-18)5(2-16)3-17/h1,19H,(H,20,21). The number of allylic oxidation sites excluding steroid dienone is 2. The number of halogens is 3. The van der Waals surface area contributed by atoms with Crippen LogP contribution in [0.25, 0.3) is 0 Å². The topological polar surface area (TPSA) is 121 Å². The van der Waals surface area contributed by atoms with Crippen molar-refractivity contribution in [1.82, 2.24) is 0 Å². The van der Waals surface area contributed by atoms with Gasteiger partial charge in [0.25, 0.3) is 0 Å². The fraction of sp³-hybridized carbons (Fsp3) is 0. The summed E-state index contributed by atoms with van der Waals surface area (Å²) >= 11 is 2.66. The van der Waals surface area contributed by atoms with Gasteiger partial charge in [0.15, 0.2) is 17.2 Å². The molecule has 0 radical (unpaired) electrons. The van der Waals surface area contributed by atoms with Crippen LogP contribution in [-0.4, -0.2) is 11.1 Å². The van der Waals surface area contributed by atoms with E-state index < -0.39 is 44.6 Å². The molecule has 1 aromatic carbocycles. The number of carboxylic acid groups (broad SMARTS) is 1. The van der Waals surface area contributed by atoms with Gasteiger partial charge in [-0.3, -0.25) is 0 Å². The number of rotatable bonds is 3. The van der Waals surface area contributed by atoms with E-state index in [1.54, 1.807) is 0 Å². The third-order valence-electron chi connectivity index (χ3n) is 2.23. The molecular weight excluding hydrogens is 350 g/mol. The molecule has 1 aromatic rings. The van der Waals surface area contributed by atoms with Crippen molar-refractivity contribution in [3.05, 3.63) is 39.0 Å². The van der Waals surface area contributed by atoms with Gasteiger partial charge in [-0.15, -0.1) is 0 Å². The molecule has 21 heavy (non-hydrogen) atoms. The number of aromatic carboxylic acids is 1. The van der Waals surface area contributed by atoms with Crippen LogP contribution >= 0.6 is 15.9 Å². The Kier molecular flexibility index (Phi) is 4.96. The Morgan fingerprint density at radius 2 is 1.81 bits per heavy atom. The Morgan fingerprint density at radius 1 is 1.24 bits per heavy atom. The maximum atomic E-state index is 13.5. The summed E-state index contributed by atoms with van der Waals surface area (Å²) in [6, 6.07) is 4.73. The third kappa shape index (κ3) is 3.14. The molecule has 0 amide bonds. The largest absolute Gasteiger partial charge is 0.478 e. The lowest BCUT2D eigenvalue weighted by Gasteiger charge is -2.12. The van der Waals surface area contributed by atoms with Crippen LogP contribution in [0.3, 0.4) is 0 Å². The SMILES string of the molecule is N#CC(C#N)=C(C#N)Nc1c(C(=O)O)cc(F)c(F)c1Br. The van der Waals surface area contributed by atoms with Crippen molar-refractivity contribution < 1.29 is 18.7 Å². The number of nitrogens with one attached hydrogen (secondary N) is 1. The molecule has 6 nitrogen and oxygen atoms in total. The van der Waals surface area contributed by atoms with Gasteiger partial charge in [0.1, 0.15) is 23.9 Å². The predicted octanol–water partition coefficient (Wildman–Crippen LogP) is 2.66. The van der Waals surface area contributed by atoms with Crippen LogP contribution in [0.4, 0.5) is 14.5 Å². The molecule has 0 aromatic heterocycles.